The molecule has 0 bridgehead atoms. The van der Waals surface area contributed by atoms with Crippen molar-refractivity contribution in [3.8, 4) is 0 Å². The van der Waals surface area contributed by atoms with Crippen molar-refractivity contribution in [3.63, 3.8) is 0 Å². The Labute approximate surface area is 92.4 Å². The van der Waals surface area contributed by atoms with Crippen LogP contribution in [0.1, 0.15) is 5.56 Å². The van der Waals surface area contributed by atoms with Crippen LogP contribution in [-0.2, 0) is 0 Å². The molecule has 0 saturated carbocycles. The molecular formula is C9H7ClOS2. The van der Waals surface area contributed by atoms with E-state index in [1.165, 1.54) is 6.08 Å². The lowest BCUT2D eigenvalue weighted by Crippen LogP contribution is -1.84. The zero-order valence-electron chi connectivity index (χ0n) is 6.57. The third-order valence-corrected chi connectivity index (χ3v) is 1.90. The maximum absolute atomic E-state index is 9.46. The van der Waals surface area contributed by atoms with Gasteiger partial charge in [0.2, 0.25) is 0 Å². The number of benzene rings is 1. The highest BCUT2D eigenvalue weighted by Gasteiger charge is 1.98. The fourth-order valence-corrected chi connectivity index (χ4v) is 1.18. The van der Waals surface area contributed by atoms with Crippen molar-refractivity contribution < 1.29 is 5.11 Å². The van der Waals surface area contributed by atoms with Crippen molar-refractivity contribution in [1.29, 1.82) is 0 Å². The lowest BCUT2D eigenvalue weighted by molar-refractivity contribution is 0.512. The van der Waals surface area contributed by atoms with Crippen molar-refractivity contribution in [2.24, 2.45) is 0 Å². The molecule has 0 saturated heterocycles. The summed E-state index contributed by atoms with van der Waals surface area (Å²) in [6.45, 7) is 0. The zero-order chi connectivity index (χ0) is 9.84. The normalized spacial score (nSPS) is 11.4. The molecule has 0 fully saturated rings. The molecule has 1 aromatic carbocycles. The molecule has 1 rings (SSSR count). The first-order chi connectivity index (χ1) is 6.09. The molecule has 0 aliphatic rings. The van der Waals surface area contributed by atoms with E-state index < -0.39 is 0 Å². The average molecular weight is 231 g/mol. The van der Waals surface area contributed by atoms with Crippen LogP contribution in [0, 0.1) is 0 Å². The van der Waals surface area contributed by atoms with E-state index in [1.807, 2.05) is 0 Å². The summed E-state index contributed by atoms with van der Waals surface area (Å²) in [5, 5.41) is 10.1. The molecule has 4 heteroatoms. The molecule has 1 N–H and O–H groups in total. The second-order valence-corrected chi connectivity index (χ2v) is 4.04. The van der Waals surface area contributed by atoms with Gasteiger partial charge in [-0.15, -0.1) is 12.6 Å². The lowest BCUT2D eigenvalue weighted by atomic mass is 10.2. The van der Waals surface area contributed by atoms with Crippen LogP contribution >= 0.6 is 36.4 Å². The molecule has 0 atom stereocenters. The first-order valence-corrected chi connectivity index (χ1v) is 4.72. The van der Waals surface area contributed by atoms with Crippen LogP contribution in [0.15, 0.2) is 30.3 Å². The summed E-state index contributed by atoms with van der Waals surface area (Å²) in [7, 11) is 0. The molecule has 1 nitrogen and oxygen atoms in total. The molecule has 0 radical (unpaired) electrons. The van der Waals surface area contributed by atoms with E-state index in [0.717, 1.165) is 0 Å². The van der Waals surface area contributed by atoms with E-state index in [1.54, 1.807) is 24.3 Å². The minimum absolute atomic E-state index is 0.0941. The second kappa shape index (κ2) is 4.65. The highest BCUT2D eigenvalue weighted by Crippen LogP contribution is 2.15. The Morgan fingerprint density at radius 1 is 1.38 bits per heavy atom. The molecule has 68 valence electrons. The van der Waals surface area contributed by atoms with Crippen LogP contribution in [0.3, 0.4) is 0 Å². The Bertz CT molecular complexity index is 343. The topological polar surface area (TPSA) is 20.2 Å². The van der Waals surface area contributed by atoms with Crippen LogP contribution in [0.2, 0.25) is 5.02 Å². The second-order valence-electron chi connectivity index (χ2n) is 2.37. The zero-order valence-corrected chi connectivity index (χ0v) is 9.03. The van der Waals surface area contributed by atoms with Gasteiger partial charge in [-0.05, 0) is 24.3 Å². The standard InChI is InChI=1S/C9H7ClOS2/c10-7-3-1-6(2-4-7)8(11)5-9(12)13/h1-5,11H,(H,12,13). The molecule has 0 aromatic heterocycles. The van der Waals surface area contributed by atoms with Gasteiger partial charge in [-0.25, -0.2) is 0 Å². The van der Waals surface area contributed by atoms with Gasteiger partial charge in [0.25, 0.3) is 0 Å². The van der Waals surface area contributed by atoms with Crippen molar-refractivity contribution in [1.82, 2.24) is 0 Å². The molecular weight excluding hydrogens is 224 g/mol. The molecule has 0 heterocycles. The summed E-state index contributed by atoms with van der Waals surface area (Å²) in [6, 6.07) is 6.81. The molecule has 1 aromatic rings. The van der Waals surface area contributed by atoms with Gasteiger partial charge < -0.3 is 5.11 Å². The SMILES string of the molecule is OC(=CC(=S)S)c1ccc(Cl)cc1. The predicted octanol–water partition coefficient (Wildman–Crippen LogP) is 3.50. The summed E-state index contributed by atoms with van der Waals surface area (Å²) in [6.07, 6.45) is 1.40. The van der Waals surface area contributed by atoms with Gasteiger partial charge in [0, 0.05) is 16.7 Å². The summed E-state index contributed by atoms with van der Waals surface area (Å²) < 4.78 is 0.340. The minimum Gasteiger partial charge on any atom is -0.507 e. The average Bonchev–Trinajstić information content (AvgIpc) is 2.04. The Kier molecular flexibility index (Phi) is 3.78. The van der Waals surface area contributed by atoms with Crippen LogP contribution < -0.4 is 0 Å². The quantitative estimate of drug-likeness (QED) is 0.351. The Morgan fingerprint density at radius 2 is 1.92 bits per heavy atom. The lowest BCUT2D eigenvalue weighted by Gasteiger charge is -1.99. The van der Waals surface area contributed by atoms with Crippen LogP contribution in [0.4, 0.5) is 0 Å². The first-order valence-electron chi connectivity index (χ1n) is 3.49. The molecule has 13 heavy (non-hydrogen) atoms. The summed E-state index contributed by atoms with van der Waals surface area (Å²) >= 11 is 14.3. The number of rotatable bonds is 2. The van der Waals surface area contributed by atoms with E-state index in [-0.39, 0.29) is 5.76 Å². The van der Waals surface area contributed by atoms with E-state index >= 15 is 0 Å². The molecule has 0 aliphatic carbocycles. The highest BCUT2D eigenvalue weighted by atomic mass is 35.5. The van der Waals surface area contributed by atoms with Crippen molar-refractivity contribution in [2.75, 3.05) is 0 Å². The van der Waals surface area contributed by atoms with Crippen molar-refractivity contribution >= 4 is 46.4 Å². The highest BCUT2D eigenvalue weighted by molar-refractivity contribution is 8.11. The molecule has 0 unspecified atom stereocenters. The number of hydrogen-bond donors (Lipinski definition) is 2. The maximum atomic E-state index is 9.46. The van der Waals surface area contributed by atoms with Crippen molar-refractivity contribution in [3.05, 3.63) is 40.9 Å². The number of hydrogen-bond acceptors (Lipinski definition) is 2. The molecule has 0 spiro atoms. The monoisotopic (exact) mass is 230 g/mol. The largest absolute Gasteiger partial charge is 0.507 e. The van der Waals surface area contributed by atoms with E-state index in [4.69, 9.17) is 23.8 Å². The number of thiol groups is 1. The molecule has 0 amide bonds. The van der Waals surface area contributed by atoms with Gasteiger partial charge in [0.1, 0.15) is 5.76 Å². The first kappa shape index (κ1) is 10.6. The fourth-order valence-electron chi connectivity index (χ4n) is 0.821. The van der Waals surface area contributed by atoms with Crippen LogP contribution in [0.5, 0.6) is 0 Å². The third kappa shape index (κ3) is 3.38. The van der Waals surface area contributed by atoms with E-state index in [9.17, 15) is 5.11 Å². The summed E-state index contributed by atoms with van der Waals surface area (Å²) in [4.78, 5) is 0. The van der Waals surface area contributed by atoms with Crippen LogP contribution in [0.25, 0.3) is 5.76 Å². The summed E-state index contributed by atoms with van der Waals surface area (Å²) in [5.41, 5.74) is 0.667. The van der Waals surface area contributed by atoms with E-state index in [0.29, 0.717) is 14.8 Å². The Morgan fingerprint density at radius 3 is 2.38 bits per heavy atom. The Hall–Kier alpha value is -0.510. The number of halogens is 1. The van der Waals surface area contributed by atoms with Gasteiger partial charge in [-0.2, -0.15) is 0 Å². The maximum Gasteiger partial charge on any atom is 0.124 e. The van der Waals surface area contributed by atoms with Gasteiger partial charge in [0.05, 0.1) is 4.20 Å². The number of thiocarbonyl (C=S) groups is 1. The van der Waals surface area contributed by atoms with Gasteiger partial charge in [-0.3, -0.25) is 0 Å². The summed E-state index contributed by atoms with van der Waals surface area (Å²) in [5.74, 6) is 0.0941. The fraction of sp³-hybridized carbons (Fsp3) is 0. The van der Waals surface area contributed by atoms with Gasteiger partial charge in [0.15, 0.2) is 0 Å². The third-order valence-electron chi connectivity index (χ3n) is 1.40. The number of aliphatic hydroxyl groups is 1. The Balaban J connectivity index is 2.96. The van der Waals surface area contributed by atoms with Crippen LogP contribution in [-0.4, -0.2) is 9.30 Å². The predicted molar refractivity (Wildman–Crippen MR) is 63.6 cm³/mol. The van der Waals surface area contributed by atoms with Gasteiger partial charge in [-0.1, -0.05) is 23.8 Å². The smallest absolute Gasteiger partial charge is 0.124 e. The molecule has 0 aliphatic heterocycles. The van der Waals surface area contributed by atoms with Gasteiger partial charge >= 0.3 is 0 Å². The number of aliphatic hydroxyl groups excluding tert-OH is 1. The minimum atomic E-state index is 0.0941. The van der Waals surface area contributed by atoms with E-state index in [2.05, 4.69) is 12.6 Å². The van der Waals surface area contributed by atoms with Crippen molar-refractivity contribution in [2.45, 2.75) is 0 Å².